The van der Waals surface area contributed by atoms with Gasteiger partial charge in [0.05, 0.1) is 0 Å². The average Bonchev–Trinajstić information content (AvgIpc) is 1.99. The van der Waals surface area contributed by atoms with Crippen LogP contribution in [0.4, 0.5) is 0 Å². The largest absolute Gasteiger partial charge is 0.344 e. The van der Waals surface area contributed by atoms with Gasteiger partial charge in [-0.05, 0) is 37.0 Å². The molecule has 0 fully saturated rings. The maximum atomic E-state index is 3.73. The molecule has 0 aliphatic rings. The minimum Gasteiger partial charge on any atom is -0.344 e. The summed E-state index contributed by atoms with van der Waals surface area (Å²) in [5.74, 6) is 0. The van der Waals surface area contributed by atoms with E-state index in [1.54, 1.807) is 0 Å². The van der Waals surface area contributed by atoms with Gasteiger partial charge in [0.15, 0.2) is 0 Å². The van der Waals surface area contributed by atoms with Crippen LogP contribution < -0.4 is 6.15 Å². The Morgan fingerprint density at radius 1 is 1.33 bits per heavy atom. The molecule has 0 bridgehead atoms. The van der Waals surface area contributed by atoms with E-state index >= 15 is 0 Å². The Morgan fingerprint density at radius 2 is 2.00 bits per heavy atom. The van der Waals surface area contributed by atoms with Crippen LogP contribution in [0.2, 0.25) is 0 Å². The lowest BCUT2D eigenvalue weighted by Gasteiger charge is -2.04. The van der Waals surface area contributed by atoms with Crippen molar-refractivity contribution in [3.8, 4) is 0 Å². The molecular weight excluding hydrogens is 146 g/mol. The lowest BCUT2D eigenvalue weighted by atomic mass is 10.0. The highest BCUT2D eigenvalue weighted by Crippen LogP contribution is 2.12. The van der Waals surface area contributed by atoms with Gasteiger partial charge in [-0.2, -0.15) is 0 Å². The van der Waals surface area contributed by atoms with E-state index in [4.69, 9.17) is 0 Å². The third kappa shape index (κ3) is 2.21. The third-order valence-corrected chi connectivity index (χ3v) is 2.08. The van der Waals surface area contributed by atoms with Gasteiger partial charge in [0.1, 0.15) is 0 Å². The van der Waals surface area contributed by atoms with Crippen LogP contribution in [-0.2, 0) is 6.42 Å². The fraction of sp³-hybridized carbons (Fsp3) is 0.273. The zero-order chi connectivity index (χ0) is 8.27. The van der Waals surface area contributed by atoms with Crippen molar-refractivity contribution in [2.24, 2.45) is 0 Å². The summed E-state index contributed by atoms with van der Waals surface area (Å²) in [6, 6.07) is 6.40. The first kappa shape index (κ1) is 10.9. The normalized spacial score (nSPS) is 8.83. The molecule has 0 spiro atoms. The summed E-state index contributed by atoms with van der Waals surface area (Å²) in [5.41, 5.74) is 4.15. The van der Waals surface area contributed by atoms with Gasteiger partial charge in [0, 0.05) is 0 Å². The summed E-state index contributed by atoms with van der Waals surface area (Å²) in [4.78, 5) is 0. The molecular formula is C11H17N. The fourth-order valence-corrected chi connectivity index (χ4v) is 1.19. The van der Waals surface area contributed by atoms with Crippen molar-refractivity contribution in [3.05, 3.63) is 47.5 Å². The molecule has 0 radical (unpaired) electrons. The molecule has 1 heteroatoms. The third-order valence-electron chi connectivity index (χ3n) is 2.08. The molecule has 1 rings (SSSR count). The molecule has 1 aromatic rings. The summed E-state index contributed by atoms with van der Waals surface area (Å²) >= 11 is 0. The number of rotatable bonds is 2. The quantitative estimate of drug-likeness (QED) is 0.667. The first-order chi connectivity index (χ1) is 5.25. The van der Waals surface area contributed by atoms with Gasteiger partial charge >= 0.3 is 0 Å². The van der Waals surface area contributed by atoms with Crippen LogP contribution in [0.1, 0.15) is 16.7 Å². The molecule has 1 aromatic carbocycles. The summed E-state index contributed by atoms with van der Waals surface area (Å²) in [7, 11) is 0. The predicted octanol–water partition coefficient (Wildman–Crippen LogP) is 3.19. The van der Waals surface area contributed by atoms with E-state index < -0.39 is 0 Å². The standard InChI is InChI=1S/C11H14.H3N/c1-4-6-11-8-5-7-9(2)10(11)3;/h4-5,7-8H,1,6H2,2-3H3;1H3. The Balaban J connectivity index is 0.00000121. The second-order valence-corrected chi connectivity index (χ2v) is 2.85. The van der Waals surface area contributed by atoms with E-state index in [1.165, 1.54) is 16.7 Å². The monoisotopic (exact) mass is 163 g/mol. The zero-order valence-electron chi connectivity index (χ0n) is 7.93. The molecule has 66 valence electrons. The molecule has 0 aliphatic heterocycles. The molecule has 0 aliphatic carbocycles. The van der Waals surface area contributed by atoms with Gasteiger partial charge in [0.25, 0.3) is 0 Å². The van der Waals surface area contributed by atoms with Gasteiger partial charge in [0.2, 0.25) is 0 Å². The zero-order valence-corrected chi connectivity index (χ0v) is 7.93. The molecule has 0 amide bonds. The van der Waals surface area contributed by atoms with Crippen LogP contribution in [0, 0.1) is 13.8 Å². The Morgan fingerprint density at radius 3 is 2.58 bits per heavy atom. The molecule has 0 saturated heterocycles. The average molecular weight is 163 g/mol. The molecule has 0 heterocycles. The summed E-state index contributed by atoms with van der Waals surface area (Å²) < 4.78 is 0. The number of allylic oxidation sites excluding steroid dienone is 1. The fourth-order valence-electron chi connectivity index (χ4n) is 1.19. The van der Waals surface area contributed by atoms with Crippen LogP contribution in [0.25, 0.3) is 0 Å². The smallest absolute Gasteiger partial charge is 0.00974 e. The van der Waals surface area contributed by atoms with E-state index in [0.717, 1.165) is 6.42 Å². The van der Waals surface area contributed by atoms with Gasteiger partial charge < -0.3 is 6.15 Å². The van der Waals surface area contributed by atoms with Gasteiger partial charge in [-0.3, -0.25) is 0 Å². The molecule has 12 heavy (non-hydrogen) atoms. The second-order valence-electron chi connectivity index (χ2n) is 2.85. The number of benzene rings is 1. The summed E-state index contributed by atoms with van der Waals surface area (Å²) in [6.07, 6.45) is 2.93. The maximum absolute atomic E-state index is 3.73. The minimum atomic E-state index is 0. The number of hydrogen-bond donors (Lipinski definition) is 1. The van der Waals surface area contributed by atoms with Crippen molar-refractivity contribution in [1.29, 1.82) is 0 Å². The number of aryl methyl sites for hydroxylation is 1. The highest BCUT2D eigenvalue weighted by molar-refractivity contribution is 5.34. The summed E-state index contributed by atoms with van der Waals surface area (Å²) in [6.45, 7) is 8.03. The molecule has 0 atom stereocenters. The van der Waals surface area contributed by atoms with Crippen LogP contribution in [0.3, 0.4) is 0 Å². The van der Waals surface area contributed by atoms with Gasteiger partial charge in [-0.25, -0.2) is 0 Å². The summed E-state index contributed by atoms with van der Waals surface area (Å²) in [5, 5.41) is 0. The predicted molar refractivity (Wildman–Crippen MR) is 54.8 cm³/mol. The van der Waals surface area contributed by atoms with Crippen molar-refractivity contribution in [3.63, 3.8) is 0 Å². The van der Waals surface area contributed by atoms with E-state index in [0.29, 0.717) is 0 Å². The number of hydrogen-bond acceptors (Lipinski definition) is 1. The van der Waals surface area contributed by atoms with E-state index in [1.807, 2.05) is 6.08 Å². The van der Waals surface area contributed by atoms with Crippen LogP contribution in [0.15, 0.2) is 30.9 Å². The Bertz CT molecular complexity index is 264. The maximum Gasteiger partial charge on any atom is -0.00974 e. The van der Waals surface area contributed by atoms with Crippen molar-refractivity contribution >= 4 is 0 Å². The van der Waals surface area contributed by atoms with Crippen molar-refractivity contribution in [2.75, 3.05) is 0 Å². The lowest BCUT2D eigenvalue weighted by molar-refractivity contribution is 1.18. The minimum absolute atomic E-state index is 0. The molecule has 3 N–H and O–H groups in total. The Hall–Kier alpha value is -1.08. The second kappa shape index (κ2) is 4.73. The van der Waals surface area contributed by atoms with E-state index in [9.17, 15) is 0 Å². The highest BCUT2D eigenvalue weighted by atomic mass is 14.0. The lowest BCUT2D eigenvalue weighted by Crippen LogP contribution is -1.88. The van der Waals surface area contributed by atoms with Gasteiger partial charge in [-0.15, -0.1) is 6.58 Å². The molecule has 0 unspecified atom stereocenters. The molecule has 0 saturated carbocycles. The van der Waals surface area contributed by atoms with Crippen molar-refractivity contribution in [2.45, 2.75) is 20.3 Å². The Labute approximate surface area is 74.7 Å². The van der Waals surface area contributed by atoms with Crippen LogP contribution >= 0.6 is 0 Å². The molecule has 0 aromatic heterocycles. The topological polar surface area (TPSA) is 35.0 Å². The van der Waals surface area contributed by atoms with Gasteiger partial charge in [-0.1, -0.05) is 24.3 Å². The Kier molecular flexibility index (Phi) is 4.30. The van der Waals surface area contributed by atoms with E-state index in [-0.39, 0.29) is 6.15 Å². The SMILES string of the molecule is C=CCc1cccc(C)c1C.N. The van der Waals surface area contributed by atoms with Crippen molar-refractivity contribution < 1.29 is 0 Å². The first-order valence-electron chi connectivity index (χ1n) is 3.91. The van der Waals surface area contributed by atoms with Crippen LogP contribution in [-0.4, -0.2) is 0 Å². The van der Waals surface area contributed by atoms with Crippen LogP contribution in [0.5, 0.6) is 0 Å². The van der Waals surface area contributed by atoms with Crippen molar-refractivity contribution in [1.82, 2.24) is 6.15 Å². The van der Waals surface area contributed by atoms with E-state index in [2.05, 4.69) is 38.6 Å². The molecule has 1 nitrogen and oxygen atoms in total. The highest BCUT2D eigenvalue weighted by Gasteiger charge is 1.96. The first-order valence-corrected chi connectivity index (χ1v) is 3.91.